The molecule has 5 nitrogen and oxygen atoms in total. The van der Waals surface area contributed by atoms with E-state index >= 15 is 0 Å². The van der Waals surface area contributed by atoms with Gasteiger partial charge in [0.2, 0.25) is 5.70 Å². The summed E-state index contributed by atoms with van der Waals surface area (Å²) in [4.78, 5) is 3.35. The van der Waals surface area contributed by atoms with Crippen molar-refractivity contribution in [3.05, 3.63) is 101 Å². The summed E-state index contributed by atoms with van der Waals surface area (Å²) in [6, 6.07) is 22.6. The molecule has 2 heterocycles. The van der Waals surface area contributed by atoms with Crippen molar-refractivity contribution >= 4 is 39.3 Å². The van der Waals surface area contributed by atoms with E-state index in [-0.39, 0.29) is 9.54 Å². The summed E-state index contributed by atoms with van der Waals surface area (Å²) in [5, 5.41) is 0.929. The number of hydroxylamine groups is 2. The van der Waals surface area contributed by atoms with Crippen LogP contribution in [0.25, 0.3) is 6.08 Å². The highest BCUT2D eigenvalue weighted by Crippen LogP contribution is 2.50. The molecule has 0 fully saturated rings. The van der Waals surface area contributed by atoms with E-state index in [2.05, 4.69) is 17.0 Å². The summed E-state index contributed by atoms with van der Waals surface area (Å²) in [5.74, 6) is 0. The Morgan fingerprint density at radius 1 is 0.906 bits per heavy atom. The number of quaternary nitrogens is 1. The maximum atomic E-state index is 13.4. The number of allylic oxidation sites excluding steroid dienone is 1. The minimum Gasteiger partial charge on any atom is -0.333 e. The summed E-state index contributed by atoms with van der Waals surface area (Å²) < 4.78 is 32.5. The van der Waals surface area contributed by atoms with E-state index in [0.29, 0.717) is 0 Å². The van der Waals surface area contributed by atoms with Crippen LogP contribution >= 0.6 is 11.8 Å². The molecule has 5 rings (SSSR count). The Morgan fingerprint density at radius 3 is 2.34 bits per heavy atom. The number of hydrogen-bond donors (Lipinski definition) is 0. The fourth-order valence-electron chi connectivity index (χ4n) is 4.06. The summed E-state index contributed by atoms with van der Waals surface area (Å²) >= 11 is 1.62. The predicted octanol–water partition coefficient (Wildman–Crippen LogP) is 5.69. The van der Waals surface area contributed by atoms with Gasteiger partial charge in [0.25, 0.3) is 0 Å². The average Bonchev–Trinajstić information content (AvgIpc) is 3.10. The van der Waals surface area contributed by atoms with Gasteiger partial charge in [-0.15, -0.1) is 0 Å². The van der Waals surface area contributed by atoms with Gasteiger partial charge in [-0.05, 0) is 43.3 Å². The third kappa shape index (κ3) is 3.38. The van der Waals surface area contributed by atoms with Crippen molar-refractivity contribution in [1.82, 2.24) is 4.65 Å². The molecule has 1 unspecified atom stereocenters. The fraction of sp³-hybridized carbons (Fsp3) is 0.120. The smallest absolute Gasteiger partial charge is 0.333 e. The van der Waals surface area contributed by atoms with Crippen molar-refractivity contribution in [2.45, 2.75) is 16.7 Å². The lowest BCUT2D eigenvalue weighted by atomic mass is 10.1. The van der Waals surface area contributed by atoms with E-state index in [1.165, 1.54) is 0 Å². The Kier molecular flexibility index (Phi) is 5.02. The molecule has 7 heteroatoms. The van der Waals surface area contributed by atoms with Crippen LogP contribution in [0.3, 0.4) is 0 Å². The van der Waals surface area contributed by atoms with Crippen LogP contribution in [-0.4, -0.2) is 22.5 Å². The fourth-order valence-corrected chi connectivity index (χ4v) is 6.42. The van der Waals surface area contributed by atoms with Crippen molar-refractivity contribution in [2.24, 2.45) is 0 Å². The molecule has 2 aliphatic heterocycles. The molecule has 3 aromatic carbocycles. The molecule has 0 N–H and O–H groups in total. The minimum atomic E-state index is -4.05. The van der Waals surface area contributed by atoms with Crippen LogP contribution in [0.5, 0.6) is 0 Å². The molecular formula is C25H23N2O3S2+. The molecule has 0 radical (unpaired) electrons. The van der Waals surface area contributed by atoms with Gasteiger partial charge in [0.15, 0.2) is 5.69 Å². The predicted molar refractivity (Wildman–Crippen MR) is 130 cm³/mol. The van der Waals surface area contributed by atoms with E-state index in [1.54, 1.807) is 43.1 Å². The van der Waals surface area contributed by atoms with E-state index in [4.69, 9.17) is 4.28 Å². The topological polar surface area (TPSA) is 46.6 Å². The van der Waals surface area contributed by atoms with Crippen LogP contribution in [0.1, 0.15) is 11.1 Å². The molecule has 0 saturated heterocycles. The van der Waals surface area contributed by atoms with Crippen LogP contribution < -0.4 is 9.55 Å². The minimum absolute atomic E-state index is 0.134. The zero-order valence-corrected chi connectivity index (χ0v) is 19.7. The molecule has 3 aromatic rings. The quantitative estimate of drug-likeness (QED) is 0.467. The molecule has 0 spiro atoms. The van der Waals surface area contributed by atoms with Crippen LogP contribution in [-0.2, 0) is 14.4 Å². The highest BCUT2D eigenvalue weighted by atomic mass is 32.2. The second kappa shape index (κ2) is 7.64. The standard InChI is InChI=1S/C25H23N2O3S2/c1-18-12-15-20(16-13-18)32(28,29)30-27(3)22-10-6-4-8-19(22)14-17-23(27)25-26(2)21-9-5-7-11-24(21)31-25/h4-17H,1-3H3/q+1. The maximum Gasteiger partial charge on any atom is 0.343 e. The number of hydrogen-bond acceptors (Lipinski definition) is 5. The van der Waals surface area contributed by atoms with Gasteiger partial charge in [0.1, 0.15) is 12.1 Å². The van der Waals surface area contributed by atoms with Gasteiger partial charge in [0, 0.05) is 29.6 Å². The molecule has 32 heavy (non-hydrogen) atoms. The first-order chi connectivity index (χ1) is 15.3. The van der Waals surface area contributed by atoms with Gasteiger partial charge in [-0.2, -0.15) is 8.42 Å². The second-order valence-corrected chi connectivity index (χ2v) is 10.5. The number of rotatable bonds is 3. The summed E-state index contributed by atoms with van der Waals surface area (Å²) in [6.07, 6.45) is 3.97. The number of aryl methyl sites for hydroxylation is 1. The van der Waals surface area contributed by atoms with Crippen molar-refractivity contribution in [1.29, 1.82) is 0 Å². The lowest BCUT2D eigenvalue weighted by molar-refractivity contribution is 0.0245. The molecular weight excluding hydrogens is 440 g/mol. The molecule has 0 saturated carbocycles. The van der Waals surface area contributed by atoms with Crippen molar-refractivity contribution in [3.63, 3.8) is 0 Å². The Balaban J connectivity index is 1.67. The first-order valence-electron chi connectivity index (χ1n) is 10.2. The third-order valence-corrected chi connectivity index (χ3v) is 8.38. The number of para-hydroxylation sites is 2. The maximum absolute atomic E-state index is 13.4. The molecule has 0 aromatic heterocycles. The Bertz CT molecular complexity index is 1380. The normalized spacial score (nSPS) is 22.0. The van der Waals surface area contributed by atoms with Gasteiger partial charge in [0.05, 0.1) is 10.6 Å². The van der Waals surface area contributed by atoms with Crippen molar-refractivity contribution in [3.8, 4) is 0 Å². The summed E-state index contributed by atoms with van der Waals surface area (Å²) in [6.45, 7) is 1.92. The van der Waals surface area contributed by atoms with Crippen LogP contribution in [0, 0.1) is 6.92 Å². The average molecular weight is 464 g/mol. The lowest BCUT2D eigenvalue weighted by Gasteiger charge is -2.34. The SMILES string of the molecule is Cc1ccc(S(=O)(=O)O[N+]2(C)C(=C3Sc4ccccc4N3C)C=Cc3ccccc32)cc1. The van der Waals surface area contributed by atoms with Gasteiger partial charge in [-0.3, -0.25) is 0 Å². The van der Waals surface area contributed by atoms with E-state index in [1.807, 2.05) is 62.5 Å². The van der Waals surface area contributed by atoms with Crippen LogP contribution in [0.15, 0.2) is 99.4 Å². The van der Waals surface area contributed by atoms with E-state index in [0.717, 1.165) is 38.1 Å². The number of anilines is 1. The summed E-state index contributed by atoms with van der Waals surface area (Å²) in [7, 11) is -0.269. The first kappa shape index (κ1) is 21.0. The Labute approximate surface area is 192 Å². The van der Waals surface area contributed by atoms with Gasteiger partial charge in [-0.1, -0.05) is 62.7 Å². The number of benzene rings is 3. The molecule has 0 bridgehead atoms. The second-order valence-electron chi connectivity index (χ2n) is 7.98. The lowest BCUT2D eigenvalue weighted by Crippen LogP contribution is -2.48. The zero-order chi connectivity index (χ0) is 22.5. The number of nitrogens with zero attached hydrogens (tertiary/aromatic N) is 2. The monoisotopic (exact) mass is 463 g/mol. The van der Waals surface area contributed by atoms with Crippen molar-refractivity contribution < 1.29 is 12.7 Å². The Hall–Kier alpha value is -2.84. The largest absolute Gasteiger partial charge is 0.343 e. The van der Waals surface area contributed by atoms with Crippen molar-refractivity contribution in [2.75, 3.05) is 19.0 Å². The molecule has 1 atom stereocenters. The molecule has 0 amide bonds. The van der Waals surface area contributed by atoms with Gasteiger partial charge >= 0.3 is 10.1 Å². The zero-order valence-electron chi connectivity index (χ0n) is 18.0. The first-order valence-corrected chi connectivity index (χ1v) is 12.4. The van der Waals surface area contributed by atoms with E-state index < -0.39 is 10.1 Å². The molecule has 2 aliphatic rings. The van der Waals surface area contributed by atoms with Crippen LogP contribution in [0.4, 0.5) is 11.4 Å². The highest BCUT2D eigenvalue weighted by Gasteiger charge is 2.45. The Morgan fingerprint density at radius 2 is 1.59 bits per heavy atom. The summed E-state index contributed by atoms with van der Waals surface area (Å²) in [5.41, 5.74) is 4.50. The number of thioether (sulfide) groups is 1. The number of likely N-dealkylation sites (N-methyl/N-ethyl adjacent to an activating group) is 1. The van der Waals surface area contributed by atoms with Crippen LogP contribution in [0.2, 0.25) is 0 Å². The van der Waals surface area contributed by atoms with Gasteiger partial charge in [-0.25, -0.2) is 0 Å². The molecule has 0 aliphatic carbocycles. The van der Waals surface area contributed by atoms with Gasteiger partial charge < -0.3 is 4.90 Å². The highest BCUT2D eigenvalue weighted by molar-refractivity contribution is 8.03. The molecule has 162 valence electrons. The third-order valence-electron chi connectivity index (χ3n) is 5.79. The number of fused-ring (bicyclic) bond motifs is 2. The van der Waals surface area contributed by atoms with E-state index in [9.17, 15) is 8.42 Å².